The van der Waals surface area contributed by atoms with Crippen molar-refractivity contribution < 1.29 is 23.8 Å². The van der Waals surface area contributed by atoms with Crippen molar-refractivity contribution in [3.8, 4) is 23.3 Å². The van der Waals surface area contributed by atoms with Crippen LogP contribution < -0.4 is 9.47 Å². The van der Waals surface area contributed by atoms with E-state index in [2.05, 4.69) is 52.5 Å². The van der Waals surface area contributed by atoms with Crippen molar-refractivity contribution in [3.63, 3.8) is 0 Å². The minimum atomic E-state index is -0.660. The van der Waals surface area contributed by atoms with Crippen LogP contribution in [0.2, 0.25) is 0 Å². The fourth-order valence-electron chi connectivity index (χ4n) is 11.5. The molecule has 6 rings (SSSR count). The average molecular weight is 798 g/mol. The smallest absolute Gasteiger partial charge is 0.329 e. The van der Waals surface area contributed by atoms with Crippen LogP contribution >= 0.6 is 11.6 Å². The summed E-state index contributed by atoms with van der Waals surface area (Å²) < 4.78 is 17.4. The Morgan fingerprint density at radius 2 is 1.49 bits per heavy atom. The summed E-state index contributed by atoms with van der Waals surface area (Å²) in [5.74, 6) is 12.3. The Labute approximate surface area is 349 Å². The van der Waals surface area contributed by atoms with Crippen molar-refractivity contribution in [2.45, 2.75) is 150 Å². The summed E-state index contributed by atoms with van der Waals surface area (Å²) in [6.07, 6.45) is 18.1. The van der Waals surface area contributed by atoms with Crippen molar-refractivity contribution in [2.24, 2.45) is 52.3 Å². The number of carbonyl (C=O) groups excluding carboxylic acids is 2. The fraction of sp³-hybridized carbons (Fsp3) is 0.647. The minimum Gasteiger partial charge on any atom is -0.494 e. The summed E-state index contributed by atoms with van der Waals surface area (Å²) in [6.45, 7) is 17.0. The first-order chi connectivity index (χ1) is 27.2. The molecule has 3 fully saturated rings. The number of alkyl halides is 1. The molecule has 0 aliphatic heterocycles. The standard InChI is InChI=1S/C51H69ClO5/c1-34(2)10-8-11-36(5)44-25-26-45-43-24-19-39-33-42(27-29-50(39,6)46(43)28-30-51(44,45)7)56-48(53)12-9-31-55-40-20-15-37(16-21-40)13-14-38-17-22-41(23-18-38)57-49(54)47(52)32-35(3)4/h15-23,34-36,42-47H,8-12,24-33H2,1-7H3/t36-,42+,43+,44-,45+,46+,47+,50+,51-/m1/s1. The predicted octanol–water partition coefficient (Wildman–Crippen LogP) is 12.8. The van der Waals surface area contributed by atoms with Gasteiger partial charge in [0.15, 0.2) is 0 Å². The van der Waals surface area contributed by atoms with E-state index in [0.717, 1.165) is 71.6 Å². The van der Waals surface area contributed by atoms with Gasteiger partial charge in [-0.05, 0) is 159 Å². The molecule has 0 unspecified atom stereocenters. The van der Waals surface area contributed by atoms with Crippen molar-refractivity contribution in [1.29, 1.82) is 0 Å². The number of rotatable bonds is 15. The molecule has 57 heavy (non-hydrogen) atoms. The Morgan fingerprint density at radius 1 is 0.807 bits per heavy atom. The van der Waals surface area contributed by atoms with Crippen molar-refractivity contribution in [3.05, 3.63) is 71.3 Å². The molecule has 5 nitrogen and oxygen atoms in total. The monoisotopic (exact) mass is 796 g/mol. The van der Waals surface area contributed by atoms with Gasteiger partial charge in [-0.2, -0.15) is 0 Å². The van der Waals surface area contributed by atoms with Gasteiger partial charge in [-0.3, -0.25) is 9.59 Å². The lowest BCUT2D eigenvalue weighted by Crippen LogP contribution is -2.51. The Bertz CT molecular complexity index is 1750. The number of carbonyl (C=O) groups is 2. The van der Waals surface area contributed by atoms with Crippen LogP contribution in [0.3, 0.4) is 0 Å². The number of ether oxygens (including phenoxy) is 3. The molecule has 2 aromatic carbocycles. The maximum Gasteiger partial charge on any atom is 0.329 e. The quantitative estimate of drug-likeness (QED) is 0.0449. The topological polar surface area (TPSA) is 61.8 Å². The Hall–Kier alpha value is -3.23. The van der Waals surface area contributed by atoms with Crippen LogP contribution in [-0.2, 0) is 14.3 Å². The molecule has 0 heterocycles. The Balaban J connectivity index is 0.910. The van der Waals surface area contributed by atoms with Gasteiger partial charge in [0.25, 0.3) is 0 Å². The third-order valence-electron chi connectivity index (χ3n) is 14.6. The molecule has 0 amide bonds. The molecule has 0 saturated heterocycles. The van der Waals surface area contributed by atoms with Crippen LogP contribution in [0.25, 0.3) is 0 Å². The van der Waals surface area contributed by atoms with Crippen LogP contribution in [-0.4, -0.2) is 30.0 Å². The number of fused-ring (bicyclic) bond motifs is 5. The first kappa shape index (κ1) is 43.4. The zero-order valence-electron chi connectivity index (χ0n) is 35.9. The first-order valence-electron chi connectivity index (χ1n) is 22.3. The summed E-state index contributed by atoms with van der Waals surface area (Å²) in [5.41, 5.74) is 4.01. The SMILES string of the molecule is CC(C)CCC[C@@H](C)[C@H]1CC[C@H]2[C@@H]3CC=C4C[C@@H](OC(=O)CCCOc5ccc(C#Cc6ccc(OC(=O)[C@@H](Cl)CC(C)C)cc6)cc5)CC[C@]4(C)[C@H]3CC[C@]12C. The summed E-state index contributed by atoms with van der Waals surface area (Å²) in [5, 5.41) is -0.660. The Morgan fingerprint density at radius 3 is 2.16 bits per heavy atom. The number of hydrogen-bond donors (Lipinski definition) is 0. The lowest BCUT2D eigenvalue weighted by atomic mass is 9.47. The van der Waals surface area contributed by atoms with Crippen LogP contribution in [0, 0.1) is 64.1 Å². The second-order valence-corrected chi connectivity index (χ2v) is 19.9. The molecule has 6 heteroatoms. The molecule has 0 N–H and O–H groups in total. The summed E-state index contributed by atoms with van der Waals surface area (Å²) in [6, 6.07) is 14.8. The predicted molar refractivity (Wildman–Crippen MR) is 231 cm³/mol. The van der Waals surface area contributed by atoms with Gasteiger partial charge in [-0.1, -0.05) is 91.2 Å². The van der Waals surface area contributed by atoms with E-state index >= 15 is 0 Å². The molecule has 9 atom stereocenters. The Kier molecular flexibility index (Phi) is 14.6. The van der Waals surface area contributed by atoms with E-state index in [0.29, 0.717) is 43.0 Å². The number of halogens is 1. The molecule has 310 valence electrons. The molecule has 0 bridgehead atoms. The normalized spacial score (nSPS) is 28.9. The zero-order chi connectivity index (χ0) is 40.7. The highest BCUT2D eigenvalue weighted by atomic mass is 35.5. The van der Waals surface area contributed by atoms with E-state index in [9.17, 15) is 9.59 Å². The summed E-state index contributed by atoms with van der Waals surface area (Å²) in [7, 11) is 0. The molecule has 4 aliphatic carbocycles. The van der Waals surface area contributed by atoms with E-state index in [1.165, 1.54) is 51.4 Å². The number of allylic oxidation sites excluding steroid dienone is 1. The average Bonchev–Trinajstić information content (AvgIpc) is 3.54. The summed E-state index contributed by atoms with van der Waals surface area (Å²) in [4.78, 5) is 25.2. The highest BCUT2D eigenvalue weighted by Gasteiger charge is 2.59. The fourth-order valence-corrected chi connectivity index (χ4v) is 11.9. The lowest BCUT2D eigenvalue weighted by molar-refractivity contribution is -0.151. The lowest BCUT2D eigenvalue weighted by Gasteiger charge is -2.58. The second-order valence-electron chi connectivity index (χ2n) is 19.4. The summed E-state index contributed by atoms with van der Waals surface area (Å²) >= 11 is 6.16. The van der Waals surface area contributed by atoms with Gasteiger partial charge in [-0.25, -0.2) is 0 Å². The van der Waals surface area contributed by atoms with Crippen LogP contribution in [0.4, 0.5) is 0 Å². The van der Waals surface area contributed by atoms with Crippen LogP contribution in [0.1, 0.15) is 149 Å². The molecule has 4 aliphatic rings. The van der Waals surface area contributed by atoms with Gasteiger partial charge >= 0.3 is 11.9 Å². The highest BCUT2D eigenvalue weighted by Crippen LogP contribution is 2.67. The van der Waals surface area contributed by atoms with Gasteiger partial charge in [0, 0.05) is 24.0 Å². The third kappa shape index (κ3) is 10.7. The van der Waals surface area contributed by atoms with Crippen LogP contribution in [0.15, 0.2) is 60.2 Å². The van der Waals surface area contributed by atoms with E-state index in [1.54, 1.807) is 17.7 Å². The zero-order valence-corrected chi connectivity index (χ0v) is 36.7. The van der Waals surface area contributed by atoms with Crippen molar-refractivity contribution in [1.82, 2.24) is 0 Å². The molecule has 0 spiro atoms. The molecule has 0 aromatic heterocycles. The molecule has 3 saturated carbocycles. The van der Waals surface area contributed by atoms with Gasteiger partial charge in [0.2, 0.25) is 0 Å². The molecular formula is C51H69ClO5. The number of hydrogen-bond acceptors (Lipinski definition) is 5. The molecular weight excluding hydrogens is 728 g/mol. The molecule has 2 aromatic rings. The molecule has 0 radical (unpaired) electrons. The van der Waals surface area contributed by atoms with E-state index < -0.39 is 11.3 Å². The number of benzene rings is 2. The van der Waals surface area contributed by atoms with Gasteiger partial charge in [0.05, 0.1) is 6.61 Å². The second kappa shape index (κ2) is 19.2. The van der Waals surface area contributed by atoms with Crippen molar-refractivity contribution >= 4 is 23.5 Å². The highest BCUT2D eigenvalue weighted by molar-refractivity contribution is 6.30. The van der Waals surface area contributed by atoms with Crippen LogP contribution in [0.5, 0.6) is 11.5 Å². The van der Waals surface area contributed by atoms with Gasteiger partial charge in [-0.15, -0.1) is 11.6 Å². The van der Waals surface area contributed by atoms with E-state index in [1.807, 2.05) is 50.2 Å². The van der Waals surface area contributed by atoms with Crippen molar-refractivity contribution in [2.75, 3.05) is 6.61 Å². The van der Waals surface area contributed by atoms with E-state index in [4.69, 9.17) is 25.8 Å². The number of esters is 2. The maximum absolute atomic E-state index is 13.0. The largest absolute Gasteiger partial charge is 0.494 e. The maximum atomic E-state index is 13.0. The first-order valence-corrected chi connectivity index (χ1v) is 22.8. The third-order valence-corrected chi connectivity index (χ3v) is 14.9. The van der Waals surface area contributed by atoms with Gasteiger partial charge < -0.3 is 14.2 Å². The minimum absolute atomic E-state index is 0.00645. The van der Waals surface area contributed by atoms with Gasteiger partial charge in [0.1, 0.15) is 23.0 Å². The van der Waals surface area contributed by atoms with E-state index in [-0.39, 0.29) is 17.5 Å².